The molecule has 0 saturated carbocycles. The van der Waals surface area contributed by atoms with Gasteiger partial charge in [0.15, 0.2) is 0 Å². The van der Waals surface area contributed by atoms with Crippen LogP contribution in [0.2, 0.25) is 0 Å². The first-order valence-corrected chi connectivity index (χ1v) is 7.66. The number of halogens is 1. The minimum absolute atomic E-state index is 0.113. The number of hydrogen-bond donors (Lipinski definition) is 1. The highest BCUT2D eigenvalue weighted by molar-refractivity contribution is 9.10. The smallest absolute Gasteiger partial charge is 0.230 e. The van der Waals surface area contributed by atoms with E-state index in [4.69, 9.17) is 0 Å². The van der Waals surface area contributed by atoms with Crippen molar-refractivity contribution in [2.24, 2.45) is 0 Å². The molecule has 1 rings (SSSR count). The Balaban J connectivity index is 2.22. The highest BCUT2D eigenvalue weighted by Crippen LogP contribution is 2.26. The molecule has 0 aromatic heterocycles. The lowest BCUT2D eigenvalue weighted by molar-refractivity contribution is -0.118. The molecule has 0 aliphatic rings. The van der Waals surface area contributed by atoms with Gasteiger partial charge in [0.1, 0.15) is 0 Å². The van der Waals surface area contributed by atoms with Crippen LogP contribution >= 0.6 is 27.7 Å². The minimum Gasteiger partial charge on any atom is -0.355 e. The first-order valence-electron chi connectivity index (χ1n) is 5.88. The van der Waals surface area contributed by atoms with Crippen LogP contribution in [0.3, 0.4) is 0 Å². The van der Waals surface area contributed by atoms with Crippen LogP contribution in [-0.4, -0.2) is 18.2 Å². The summed E-state index contributed by atoms with van der Waals surface area (Å²) in [6.45, 7) is 2.95. The van der Waals surface area contributed by atoms with Crippen molar-refractivity contribution in [2.45, 2.75) is 31.1 Å². The molecule has 2 nitrogen and oxygen atoms in total. The lowest BCUT2D eigenvalue weighted by atomic mass is 10.2. The average molecular weight is 316 g/mol. The van der Waals surface area contributed by atoms with Gasteiger partial charge in [0.05, 0.1) is 5.75 Å². The van der Waals surface area contributed by atoms with Crippen LogP contribution in [0.1, 0.15) is 26.2 Å². The fourth-order valence-corrected chi connectivity index (χ4v) is 2.76. The number of rotatable bonds is 7. The number of carbonyl (C=O) groups excluding carboxylic acids is 1. The van der Waals surface area contributed by atoms with Crippen LogP contribution < -0.4 is 5.32 Å². The summed E-state index contributed by atoms with van der Waals surface area (Å²) in [5, 5.41) is 2.93. The number of nitrogens with one attached hydrogen (secondary N) is 1. The summed E-state index contributed by atoms with van der Waals surface area (Å²) >= 11 is 5.03. The highest BCUT2D eigenvalue weighted by atomic mass is 79.9. The third kappa shape index (κ3) is 6.13. The van der Waals surface area contributed by atoms with Gasteiger partial charge in [-0.05, 0) is 34.5 Å². The SMILES string of the molecule is CCCCCNC(=O)CSc1ccccc1Br. The van der Waals surface area contributed by atoms with E-state index in [9.17, 15) is 4.79 Å². The molecular weight excluding hydrogens is 298 g/mol. The predicted molar refractivity (Wildman–Crippen MR) is 77.4 cm³/mol. The molecule has 0 aliphatic carbocycles. The van der Waals surface area contributed by atoms with Gasteiger partial charge in [-0.25, -0.2) is 0 Å². The maximum atomic E-state index is 11.5. The number of hydrogen-bond acceptors (Lipinski definition) is 2. The summed E-state index contributed by atoms with van der Waals surface area (Å²) in [6.07, 6.45) is 3.43. The Morgan fingerprint density at radius 3 is 2.82 bits per heavy atom. The van der Waals surface area contributed by atoms with Crippen LogP contribution in [0.15, 0.2) is 33.6 Å². The van der Waals surface area contributed by atoms with Crippen molar-refractivity contribution >= 4 is 33.6 Å². The van der Waals surface area contributed by atoms with Crippen LogP contribution in [0, 0.1) is 0 Å². The standard InChI is InChI=1S/C13H18BrNOS/c1-2-3-6-9-15-13(16)10-17-12-8-5-4-7-11(12)14/h4-5,7-8H,2-3,6,9-10H2,1H3,(H,15,16). The second-order valence-corrected chi connectivity index (χ2v) is 5.65. The molecule has 0 radical (unpaired) electrons. The average Bonchev–Trinajstić information content (AvgIpc) is 2.34. The van der Waals surface area contributed by atoms with Crippen LogP contribution in [0.4, 0.5) is 0 Å². The lowest BCUT2D eigenvalue weighted by Crippen LogP contribution is -2.26. The monoisotopic (exact) mass is 315 g/mol. The third-order valence-electron chi connectivity index (χ3n) is 2.30. The Hall–Kier alpha value is -0.480. The van der Waals surface area contributed by atoms with Crippen molar-refractivity contribution in [3.05, 3.63) is 28.7 Å². The number of amides is 1. The molecule has 0 atom stereocenters. The second-order valence-electron chi connectivity index (χ2n) is 3.78. The van der Waals surface area contributed by atoms with Gasteiger partial charge in [0.2, 0.25) is 5.91 Å². The van der Waals surface area contributed by atoms with Gasteiger partial charge in [-0.2, -0.15) is 0 Å². The topological polar surface area (TPSA) is 29.1 Å². The van der Waals surface area contributed by atoms with E-state index in [1.165, 1.54) is 12.8 Å². The zero-order valence-corrected chi connectivity index (χ0v) is 12.4. The zero-order chi connectivity index (χ0) is 12.5. The van der Waals surface area contributed by atoms with Gasteiger partial charge >= 0.3 is 0 Å². The van der Waals surface area contributed by atoms with Crippen molar-refractivity contribution in [1.82, 2.24) is 5.32 Å². The molecule has 1 amide bonds. The molecule has 0 fully saturated rings. The molecule has 94 valence electrons. The van der Waals surface area contributed by atoms with Gasteiger partial charge in [0, 0.05) is 15.9 Å². The molecular formula is C13H18BrNOS. The van der Waals surface area contributed by atoms with E-state index in [-0.39, 0.29) is 5.91 Å². The Morgan fingerprint density at radius 2 is 2.12 bits per heavy atom. The van der Waals surface area contributed by atoms with E-state index in [0.29, 0.717) is 5.75 Å². The maximum Gasteiger partial charge on any atom is 0.230 e. The van der Waals surface area contributed by atoms with Crippen molar-refractivity contribution in [3.8, 4) is 0 Å². The summed E-state index contributed by atoms with van der Waals surface area (Å²) in [5.74, 6) is 0.594. The Morgan fingerprint density at radius 1 is 1.35 bits per heavy atom. The van der Waals surface area contributed by atoms with E-state index in [1.54, 1.807) is 11.8 Å². The Bertz CT molecular complexity index is 357. The molecule has 0 aliphatic heterocycles. The van der Waals surface area contributed by atoms with E-state index >= 15 is 0 Å². The van der Waals surface area contributed by atoms with Gasteiger partial charge in [-0.3, -0.25) is 4.79 Å². The normalized spacial score (nSPS) is 10.2. The fourth-order valence-electron chi connectivity index (χ4n) is 1.36. The van der Waals surface area contributed by atoms with Crippen molar-refractivity contribution in [3.63, 3.8) is 0 Å². The van der Waals surface area contributed by atoms with Crippen LogP contribution in [-0.2, 0) is 4.79 Å². The number of unbranched alkanes of at least 4 members (excludes halogenated alkanes) is 2. The van der Waals surface area contributed by atoms with Crippen molar-refractivity contribution < 1.29 is 4.79 Å². The molecule has 0 heterocycles. The van der Waals surface area contributed by atoms with Crippen molar-refractivity contribution in [2.75, 3.05) is 12.3 Å². The molecule has 0 bridgehead atoms. The molecule has 0 unspecified atom stereocenters. The number of thioether (sulfide) groups is 1. The van der Waals surface area contributed by atoms with E-state index in [1.807, 2.05) is 24.3 Å². The fraction of sp³-hybridized carbons (Fsp3) is 0.462. The van der Waals surface area contributed by atoms with Crippen molar-refractivity contribution in [1.29, 1.82) is 0 Å². The predicted octanol–water partition coefficient (Wildman–Crippen LogP) is 3.85. The van der Waals surface area contributed by atoms with Crippen LogP contribution in [0.25, 0.3) is 0 Å². The van der Waals surface area contributed by atoms with E-state index in [0.717, 1.165) is 22.3 Å². The number of carbonyl (C=O) groups is 1. The van der Waals surface area contributed by atoms with Gasteiger partial charge in [0.25, 0.3) is 0 Å². The highest BCUT2D eigenvalue weighted by Gasteiger charge is 2.04. The summed E-state index contributed by atoms with van der Waals surface area (Å²) < 4.78 is 1.05. The van der Waals surface area contributed by atoms with Gasteiger partial charge < -0.3 is 5.32 Å². The quantitative estimate of drug-likeness (QED) is 0.611. The van der Waals surface area contributed by atoms with Crippen LogP contribution in [0.5, 0.6) is 0 Å². The maximum absolute atomic E-state index is 11.5. The summed E-state index contributed by atoms with van der Waals surface area (Å²) in [5.41, 5.74) is 0. The lowest BCUT2D eigenvalue weighted by Gasteiger charge is -2.05. The Labute approximate surface area is 116 Å². The third-order valence-corrected chi connectivity index (χ3v) is 4.33. The second kappa shape index (κ2) is 8.59. The first kappa shape index (κ1) is 14.6. The molecule has 17 heavy (non-hydrogen) atoms. The largest absolute Gasteiger partial charge is 0.355 e. The van der Waals surface area contributed by atoms with Gasteiger partial charge in [-0.15, -0.1) is 11.8 Å². The van der Waals surface area contributed by atoms with E-state index in [2.05, 4.69) is 28.2 Å². The molecule has 4 heteroatoms. The van der Waals surface area contributed by atoms with E-state index < -0.39 is 0 Å². The van der Waals surface area contributed by atoms with Gasteiger partial charge in [-0.1, -0.05) is 31.9 Å². The molecule has 1 N–H and O–H groups in total. The molecule has 0 spiro atoms. The zero-order valence-electron chi connectivity index (χ0n) is 10.0. The Kier molecular flexibility index (Phi) is 7.37. The minimum atomic E-state index is 0.113. The summed E-state index contributed by atoms with van der Waals surface area (Å²) in [7, 11) is 0. The molecule has 1 aromatic rings. The summed E-state index contributed by atoms with van der Waals surface area (Å²) in [4.78, 5) is 12.7. The first-order chi connectivity index (χ1) is 8.24. The molecule has 0 saturated heterocycles. The molecule has 1 aromatic carbocycles. The number of benzene rings is 1. The summed E-state index contributed by atoms with van der Waals surface area (Å²) in [6, 6.07) is 7.95.